The van der Waals surface area contributed by atoms with Gasteiger partial charge in [-0.2, -0.15) is 0 Å². The number of hydrogen-bond acceptors (Lipinski definition) is 6. The van der Waals surface area contributed by atoms with Gasteiger partial charge in [0.05, 0.1) is 5.75 Å². The molecule has 0 fully saturated rings. The third-order valence-corrected chi connectivity index (χ3v) is 4.34. The third kappa shape index (κ3) is 5.35. The number of aryl methyl sites for hydroxylation is 1. The van der Waals surface area contributed by atoms with E-state index in [0.717, 1.165) is 17.9 Å². The average molecular weight is 369 g/mol. The van der Waals surface area contributed by atoms with Crippen molar-refractivity contribution < 1.29 is 13.9 Å². The second-order valence-electron chi connectivity index (χ2n) is 5.45. The Balaban J connectivity index is 1.44. The Hall–Kier alpha value is -2.80. The van der Waals surface area contributed by atoms with Crippen LogP contribution in [0.25, 0.3) is 0 Å². The summed E-state index contributed by atoms with van der Waals surface area (Å²) in [6.45, 7) is 2.29. The molecule has 2 aromatic carbocycles. The monoisotopic (exact) mass is 369 g/mol. The van der Waals surface area contributed by atoms with E-state index in [-0.39, 0.29) is 18.3 Å². The molecule has 3 aromatic rings. The van der Waals surface area contributed by atoms with Crippen LogP contribution >= 0.6 is 11.8 Å². The minimum absolute atomic E-state index is 0.131. The summed E-state index contributed by atoms with van der Waals surface area (Å²) in [5.74, 6) is 1.18. The first-order chi connectivity index (χ1) is 12.7. The lowest BCUT2D eigenvalue weighted by Crippen LogP contribution is -2.13. The zero-order chi connectivity index (χ0) is 18.2. The van der Waals surface area contributed by atoms with Gasteiger partial charge in [0, 0.05) is 5.69 Å². The summed E-state index contributed by atoms with van der Waals surface area (Å²) in [5, 5.41) is 11.0. The van der Waals surface area contributed by atoms with Crippen LogP contribution < -0.4 is 10.1 Å². The van der Waals surface area contributed by atoms with Gasteiger partial charge in [-0.15, -0.1) is 10.2 Å². The first-order valence-corrected chi connectivity index (χ1v) is 9.23. The number of hydrogen-bond donors (Lipinski definition) is 1. The largest absolute Gasteiger partial charge is 0.484 e. The molecule has 0 radical (unpaired) electrons. The standard InChI is InChI=1S/C19H19N3O3S/c1-2-14-8-10-16(11-9-14)24-12-18-21-22-19(25-18)26-13-17(23)20-15-6-4-3-5-7-15/h3-11H,2,12-13H2,1H3,(H,20,23). The van der Waals surface area contributed by atoms with Crippen LogP contribution in [0.4, 0.5) is 5.69 Å². The van der Waals surface area contributed by atoms with Crippen LogP contribution in [0.5, 0.6) is 5.75 Å². The Morgan fingerprint density at radius 1 is 1.12 bits per heavy atom. The highest BCUT2D eigenvalue weighted by Crippen LogP contribution is 2.18. The highest BCUT2D eigenvalue weighted by Gasteiger charge is 2.10. The van der Waals surface area contributed by atoms with Crippen molar-refractivity contribution in [2.24, 2.45) is 0 Å². The van der Waals surface area contributed by atoms with E-state index in [1.54, 1.807) is 0 Å². The molecule has 6 nitrogen and oxygen atoms in total. The van der Waals surface area contributed by atoms with Crippen molar-refractivity contribution in [2.75, 3.05) is 11.1 Å². The van der Waals surface area contributed by atoms with Gasteiger partial charge < -0.3 is 14.5 Å². The molecule has 0 aliphatic heterocycles. The molecule has 1 aromatic heterocycles. The number of benzene rings is 2. The van der Waals surface area contributed by atoms with Crippen LogP contribution in [-0.2, 0) is 17.8 Å². The average Bonchev–Trinajstić information content (AvgIpc) is 3.14. The summed E-state index contributed by atoms with van der Waals surface area (Å²) in [6.07, 6.45) is 0.988. The first kappa shape index (κ1) is 18.0. The maximum absolute atomic E-state index is 11.9. The summed E-state index contributed by atoms with van der Waals surface area (Å²) in [6, 6.07) is 17.2. The van der Waals surface area contributed by atoms with Crippen LogP contribution in [0.15, 0.2) is 64.2 Å². The smallest absolute Gasteiger partial charge is 0.277 e. The van der Waals surface area contributed by atoms with Crippen LogP contribution in [0.1, 0.15) is 18.4 Å². The quantitative estimate of drug-likeness (QED) is 0.606. The summed E-state index contributed by atoms with van der Waals surface area (Å²) in [5.41, 5.74) is 2.01. The number of nitrogens with zero attached hydrogens (tertiary/aromatic N) is 2. The van der Waals surface area contributed by atoms with Gasteiger partial charge in [-0.1, -0.05) is 49.0 Å². The maximum Gasteiger partial charge on any atom is 0.277 e. The molecule has 0 aliphatic carbocycles. The minimum Gasteiger partial charge on any atom is -0.484 e. The Morgan fingerprint density at radius 2 is 1.88 bits per heavy atom. The molecule has 0 unspecified atom stereocenters. The molecule has 0 atom stereocenters. The van der Waals surface area contributed by atoms with Gasteiger partial charge in [0.2, 0.25) is 5.91 Å². The summed E-state index contributed by atoms with van der Waals surface area (Å²) in [4.78, 5) is 11.9. The van der Waals surface area contributed by atoms with Gasteiger partial charge in [0.15, 0.2) is 6.61 Å². The lowest BCUT2D eigenvalue weighted by atomic mass is 10.2. The van der Waals surface area contributed by atoms with E-state index in [9.17, 15) is 4.79 Å². The van der Waals surface area contributed by atoms with E-state index >= 15 is 0 Å². The lowest BCUT2D eigenvalue weighted by molar-refractivity contribution is -0.113. The number of aromatic nitrogens is 2. The molecule has 134 valence electrons. The molecular weight excluding hydrogens is 350 g/mol. The van der Waals surface area contributed by atoms with Crippen LogP contribution in [0.2, 0.25) is 0 Å². The number of carbonyl (C=O) groups excluding carboxylic acids is 1. The molecule has 26 heavy (non-hydrogen) atoms. The molecule has 3 rings (SSSR count). The molecule has 1 N–H and O–H groups in total. The number of ether oxygens (including phenoxy) is 1. The highest BCUT2D eigenvalue weighted by atomic mass is 32.2. The maximum atomic E-state index is 11.9. The van der Waals surface area contributed by atoms with Gasteiger partial charge in [-0.3, -0.25) is 4.79 Å². The number of para-hydroxylation sites is 1. The predicted molar refractivity (Wildman–Crippen MR) is 100 cm³/mol. The Kier molecular flexibility index (Phi) is 6.27. The van der Waals surface area contributed by atoms with Gasteiger partial charge >= 0.3 is 0 Å². The minimum atomic E-state index is -0.131. The molecule has 0 saturated carbocycles. The van der Waals surface area contributed by atoms with Crippen molar-refractivity contribution in [3.63, 3.8) is 0 Å². The Labute approximate surface area is 156 Å². The third-order valence-electron chi connectivity index (χ3n) is 3.53. The molecule has 0 bridgehead atoms. The van der Waals surface area contributed by atoms with Gasteiger partial charge in [0.25, 0.3) is 11.1 Å². The number of nitrogens with one attached hydrogen (secondary N) is 1. The van der Waals surface area contributed by atoms with Gasteiger partial charge in [-0.05, 0) is 36.2 Å². The van der Waals surface area contributed by atoms with Gasteiger partial charge in [0.1, 0.15) is 5.75 Å². The summed E-state index contributed by atoms with van der Waals surface area (Å²) >= 11 is 1.19. The highest BCUT2D eigenvalue weighted by molar-refractivity contribution is 7.99. The molecule has 0 aliphatic rings. The molecule has 0 saturated heterocycles. The van der Waals surface area contributed by atoms with E-state index in [2.05, 4.69) is 22.4 Å². The van der Waals surface area contributed by atoms with E-state index in [1.807, 2.05) is 54.6 Å². The topological polar surface area (TPSA) is 77.2 Å². The van der Waals surface area contributed by atoms with E-state index in [1.165, 1.54) is 17.3 Å². The zero-order valence-electron chi connectivity index (χ0n) is 14.3. The van der Waals surface area contributed by atoms with Crippen molar-refractivity contribution in [2.45, 2.75) is 25.2 Å². The fraction of sp³-hybridized carbons (Fsp3) is 0.211. The first-order valence-electron chi connectivity index (χ1n) is 8.25. The summed E-state index contributed by atoms with van der Waals surface area (Å²) in [7, 11) is 0. The van der Waals surface area contributed by atoms with Crippen LogP contribution in [0, 0.1) is 0 Å². The zero-order valence-corrected chi connectivity index (χ0v) is 15.2. The SMILES string of the molecule is CCc1ccc(OCc2nnc(SCC(=O)Nc3ccccc3)o2)cc1. The number of anilines is 1. The fourth-order valence-electron chi connectivity index (χ4n) is 2.17. The van der Waals surface area contributed by atoms with E-state index in [0.29, 0.717) is 11.1 Å². The summed E-state index contributed by atoms with van der Waals surface area (Å²) < 4.78 is 11.1. The Morgan fingerprint density at radius 3 is 2.62 bits per heavy atom. The number of carbonyl (C=O) groups is 1. The van der Waals surface area contributed by atoms with E-state index in [4.69, 9.17) is 9.15 Å². The number of thioether (sulfide) groups is 1. The molecule has 1 amide bonds. The van der Waals surface area contributed by atoms with Gasteiger partial charge in [-0.25, -0.2) is 0 Å². The van der Waals surface area contributed by atoms with Crippen molar-refractivity contribution >= 4 is 23.4 Å². The van der Waals surface area contributed by atoms with Crippen molar-refractivity contribution in [1.29, 1.82) is 0 Å². The molecule has 7 heteroatoms. The van der Waals surface area contributed by atoms with Crippen LogP contribution in [0.3, 0.4) is 0 Å². The normalized spacial score (nSPS) is 10.5. The van der Waals surface area contributed by atoms with Crippen LogP contribution in [-0.4, -0.2) is 21.9 Å². The number of amides is 1. The Bertz CT molecular complexity index is 835. The predicted octanol–water partition coefficient (Wildman–Crippen LogP) is 3.94. The second kappa shape index (κ2) is 9.05. The van der Waals surface area contributed by atoms with Crippen molar-refractivity contribution in [1.82, 2.24) is 10.2 Å². The van der Waals surface area contributed by atoms with Crippen molar-refractivity contribution in [3.05, 3.63) is 66.1 Å². The van der Waals surface area contributed by atoms with E-state index < -0.39 is 0 Å². The molecule has 0 spiro atoms. The lowest BCUT2D eigenvalue weighted by Gasteiger charge is -2.04. The second-order valence-corrected chi connectivity index (χ2v) is 6.38. The fourth-order valence-corrected chi connectivity index (χ4v) is 2.75. The molecular formula is C19H19N3O3S. The van der Waals surface area contributed by atoms with Crippen molar-refractivity contribution in [3.8, 4) is 5.75 Å². The number of rotatable bonds is 8. The molecule has 1 heterocycles.